The number of thiocarbonyl (C=S) groups is 1. The summed E-state index contributed by atoms with van der Waals surface area (Å²) in [7, 11) is 3.24. The maximum atomic E-state index is 15.0. The van der Waals surface area contributed by atoms with Crippen molar-refractivity contribution in [1.82, 2.24) is 15.1 Å². The number of fused-ring (bicyclic) bond motifs is 1. The number of morpholine rings is 1. The largest absolute Gasteiger partial charge is 0.493 e. The zero-order valence-corrected chi connectivity index (χ0v) is 20.1. The molecule has 2 aliphatic rings. The monoisotopic (exact) mass is 473 g/mol. The van der Waals surface area contributed by atoms with Crippen molar-refractivity contribution < 1.29 is 18.6 Å². The molecular weight excluding hydrogens is 441 g/mol. The van der Waals surface area contributed by atoms with Gasteiger partial charge in [-0.1, -0.05) is 18.2 Å². The fourth-order valence-electron chi connectivity index (χ4n) is 4.62. The molecule has 1 N–H and O–H groups in total. The van der Waals surface area contributed by atoms with Gasteiger partial charge in [0.1, 0.15) is 5.82 Å². The second-order valence-electron chi connectivity index (χ2n) is 8.31. The number of benzene rings is 2. The first kappa shape index (κ1) is 23.7. The molecule has 2 aromatic rings. The summed E-state index contributed by atoms with van der Waals surface area (Å²) in [6.07, 6.45) is 1.77. The van der Waals surface area contributed by atoms with E-state index in [0.29, 0.717) is 28.7 Å². The minimum Gasteiger partial charge on any atom is -0.493 e. The third-order valence-electron chi connectivity index (χ3n) is 6.37. The standard InChI is InChI=1S/C25H32FN3O3S/c1-30-22-16-18-8-11-29(25(33)27-9-5-10-28-12-14-32-15-13-28)24(20(18)17-23(22)31-2)19-6-3-4-7-21(19)26/h3-4,6-7,16-17,24H,5,8-15H2,1-2H3,(H,27,33)/t24-/m0/s1. The van der Waals surface area contributed by atoms with Gasteiger partial charge < -0.3 is 24.4 Å². The smallest absolute Gasteiger partial charge is 0.169 e. The van der Waals surface area contributed by atoms with Gasteiger partial charge in [-0.15, -0.1) is 0 Å². The zero-order chi connectivity index (χ0) is 23.2. The lowest BCUT2D eigenvalue weighted by Crippen LogP contribution is -2.46. The summed E-state index contributed by atoms with van der Waals surface area (Å²) in [6.45, 7) is 6.04. The Bertz CT molecular complexity index is 968. The van der Waals surface area contributed by atoms with Crippen LogP contribution < -0.4 is 14.8 Å². The van der Waals surface area contributed by atoms with Gasteiger partial charge in [0.05, 0.1) is 33.5 Å². The van der Waals surface area contributed by atoms with Crippen LogP contribution in [0.25, 0.3) is 0 Å². The maximum absolute atomic E-state index is 15.0. The van der Waals surface area contributed by atoms with Crippen LogP contribution in [0, 0.1) is 5.82 Å². The maximum Gasteiger partial charge on any atom is 0.169 e. The molecule has 8 heteroatoms. The van der Waals surface area contributed by atoms with E-state index < -0.39 is 0 Å². The fraction of sp³-hybridized carbons (Fsp3) is 0.480. The number of halogens is 1. The van der Waals surface area contributed by atoms with Gasteiger partial charge in [-0.3, -0.25) is 4.90 Å². The molecule has 0 saturated carbocycles. The number of nitrogens with zero attached hydrogens (tertiary/aromatic N) is 2. The Morgan fingerprint density at radius 2 is 1.82 bits per heavy atom. The molecule has 0 unspecified atom stereocenters. The van der Waals surface area contributed by atoms with E-state index in [1.165, 1.54) is 6.07 Å². The average Bonchev–Trinajstić information content (AvgIpc) is 2.86. The predicted molar refractivity (Wildman–Crippen MR) is 131 cm³/mol. The molecule has 2 aliphatic heterocycles. The summed E-state index contributed by atoms with van der Waals surface area (Å²) < 4.78 is 31.4. The Kier molecular flexibility index (Phi) is 8.01. The van der Waals surface area contributed by atoms with Crippen LogP contribution in [0.4, 0.5) is 4.39 Å². The molecule has 33 heavy (non-hydrogen) atoms. The van der Waals surface area contributed by atoms with Gasteiger partial charge in [0.25, 0.3) is 0 Å². The third-order valence-corrected chi connectivity index (χ3v) is 6.74. The minimum atomic E-state index is -0.339. The van der Waals surface area contributed by atoms with Gasteiger partial charge >= 0.3 is 0 Å². The molecular formula is C25H32FN3O3S. The fourth-order valence-corrected chi connectivity index (χ4v) is 4.92. The molecule has 178 valence electrons. The normalized spacial score (nSPS) is 18.5. The molecule has 4 rings (SSSR count). The summed E-state index contributed by atoms with van der Waals surface area (Å²) in [6, 6.07) is 10.5. The molecule has 1 fully saturated rings. The number of nitrogens with one attached hydrogen (secondary N) is 1. The van der Waals surface area contributed by atoms with Gasteiger partial charge in [-0.2, -0.15) is 0 Å². The van der Waals surface area contributed by atoms with Crippen LogP contribution in [0.5, 0.6) is 11.5 Å². The highest BCUT2D eigenvalue weighted by Crippen LogP contribution is 2.41. The molecule has 1 saturated heterocycles. The van der Waals surface area contributed by atoms with E-state index in [9.17, 15) is 4.39 Å². The van der Waals surface area contributed by atoms with Crippen LogP contribution in [-0.2, 0) is 11.2 Å². The molecule has 1 atom stereocenters. The Labute approximate surface area is 200 Å². The van der Waals surface area contributed by atoms with Gasteiger partial charge in [-0.05, 0) is 60.9 Å². The van der Waals surface area contributed by atoms with Crippen LogP contribution in [0.3, 0.4) is 0 Å². The number of hydrogen-bond acceptors (Lipinski definition) is 5. The van der Waals surface area contributed by atoms with Gasteiger partial charge in [0.15, 0.2) is 16.6 Å². The number of rotatable bonds is 7. The van der Waals surface area contributed by atoms with Crippen molar-refractivity contribution >= 4 is 17.3 Å². The molecule has 0 aromatic heterocycles. The predicted octanol–water partition coefficient (Wildman–Crippen LogP) is 3.39. The lowest BCUT2D eigenvalue weighted by molar-refractivity contribution is 0.0375. The molecule has 2 aromatic carbocycles. The summed E-state index contributed by atoms with van der Waals surface area (Å²) in [4.78, 5) is 4.50. The van der Waals surface area contributed by atoms with Crippen molar-refractivity contribution in [3.8, 4) is 11.5 Å². The van der Waals surface area contributed by atoms with Crippen LogP contribution in [0.1, 0.15) is 29.2 Å². The van der Waals surface area contributed by atoms with Crippen molar-refractivity contribution in [1.29, 1.82) is 0 Å². The topological polar surface area (TPSA) is 46.2 Å². The molecule has 0 spiro atoms. The number of methoxy groups -OCH3 is 2. The van der Waals surface area contributed by atoms with Gasteiger partial charge in [-0.25, -0.2) is 4.39 Å². The SMILES string of the molecule is COc1cc2c(cc1OC)[C@H](c1ccccc1F)N(C(=S)NCCCN1CCOCC1)CC2. The molecule has 6 nitrogen and oxygen atoms in total. The highest BCUT2D eigenvalue weighted by Gasteiger charge is 2.33. The lowest BCUT2D eigenvalue weighted by Gasteiger charge is -2.40. The number of ether oxygens (including phenoxy) is 3. The molecule has 2 heterocycles. The van der Waals surface area contributed by atoms with Gasteiger partial charge in [0, 0.05) is 31.7 Å². The average molecular weight is 474 g/mol. The second kappa shape index (κ2) is 11.1. The van der Waals surface area contributed by atoms with Crippen molar-refractivity contribution in [3.63, 3.8) is 0 Å². The summed E-state index contributed by atoms with van der Waals surface area (Å²) in [5, 5.41) is 4.06. The first-order valence-electron chi connectivity index (χ1n) is 11.5. The van der Waals surface area contributed by atoms with Crippen molar-refractivity contribution in [2.24, 2.45) is 0 Å². The zero-order valence-electron chi connectivity index (χ0n) is 19.3. The van der Waals surface area contributed by atoms with Crippen molar-refractivity contribution in [2.75, 3.05) is 60.2 Å². The lowest BCUT2D eigenvalue weighted by atomic mass is 9.87. The first-order chi connectivity index (χ1) is 16.1. The van der Waals surface area contributed by atoms with E-state index in [0.717, 1.165) is 63.4 Å². The minimum absolute atomic E-state index is 0.245. The Balaban J connectivity index is 1.54. The van der Waals surface area contributed by atoms with E-state index >= 15 is 0 Å². The van der Waals surface area contributed by atoms with Crippen LogP contribution in [-0.4, -0.2) is 75.1 Å². The van der Waals surface area contributed by atoms with Crippen LogP contribution >= 0.6 is 12.2 Å². The quantitative estimate of drug-likeness (QED) is 0.489. The molecule has 0 radical (unpaired) electrons. The highest BCUT2D eigenvalue weighted by molar-refractivity contribution is 7.80. The summed E-state index contributed by atoms with van der Waals surface area (Å²) >= 11 is 5.81. The number of hydrogen-bond donors (Lipinski definition) is 1. The van der Waals surface area contributed by atoms with Crippen LogP contribution in [0.15, 0.2) is 36.4 Å². The van der Waals surface area contributed by atoms with Crippen molar-refractivity contribution in [2.45, 2.75) is 18.9 Å². The Hall–Kier alpha value is -2.42. The second-order valence-corrected chi connectivity index (χ2v) is 8.70. The Morgan fingerprint density at radius 1 is 1.09 bits per heavy atom. The third kappa shape index (κ3) is 5.39. The van der Waals surface area contributed by atoms with E-state index in [4.69, 9.17) is 26.4 Å². The van der Waals surface area contributed by atoms with Gasteiger partial charge in [0.2, 0.25) is 0 Å². The first-order valence-corrected chi connectivity index (χ1v) is 11.9. The highest BCUT2D eigenvalue weighted by atomic mass is 32.1. The van der Waals surface area contributed by atoms with E-state index in [-0.39, 0.29) is 11.9 Å². The van der Waals surface area contributed by atoms with Crippen molar-refractivity contribution in [3.05, 3.63) is 58.9 Å². The van der Waals surface area contributed by atoms with Crippen LogP contribution in [0.2, 0.25) is 0 Å². The van der Waals surface area contributed by atoms with E-state index in [2.05, 4.69) is 15.1 Å². The molecule has 0 bridgehead atoms. The van der Waals surface area contributed by atoms with E-state index in [1.807, 2.05) is 24.3 Å². The summed E-state index contributed by atoms with van der Waals surface area (Å²) in [5.74, 6) is 1.06. The Morgan fingerprint density at radius 3 is 2.55 bits per heavy atom. The summed E-state index contributed by atoms with van der Waals surface area (Å²) in [5.41, 5.74) is 2.71. The molecule has 0 aliphatic carbocycles. The molecule has 0 amide bonds. The van der Waals surface area contributed by atoms with E-state index in [1.54, 1.807) is 20.3 Å².